The van der Waals surface area contributed by atoms with Gasteiger partial charge in [-0.15, -0.1) is 0 Å². The topological polar surface area (TPSA) is 26.3 Å². The van der Waals surface area contributed by atoms with Crippen LogP contribution in [-0.4, -0.2) is 5.97 Å². The van der Waals surface area contributed by atoms with Crippen LogP contribution < -0.4 is 4.74 Å². The first-order chi connectivity index (χ1) is 13.3. The first kappa shape index (κ1) is 19.2. The highest BCUT2D eigenvalue weighted by molar-refractivity contribution is 8.17. The quantitative estimate of drug-likeness (QED) is 0.205. The summed E-state index contributed by atoms with van der Waals surface area (Å²) in [6.07, 6.45) is 3.54. The molecular weight excluding hydrogens is 352 g/mol. The number of benzene rings is 3. The van der Waals surface area contributed by atoms with E-state index in [1.807, 2.05) is 24.3 Å². The number of thiol groups is 1. The van der Waals surface area contributed by atoms with Gasteiger partial charge in [0.25, 0.3) is 0 Å². The Balaban J connectivity index is 1.79. The van der Waals surface area contributed by atoms with E-state index in [1.54, 1.807) is 0 Å². The fraction of sp³-hybridized carbons (Fsp3) is 0.208. The van der Waals surface area contributed by atoms with Crippen molar-refractivity contribution < 1.29 is 9.53 Å². The molecule has 3 aromatic rings. The molecule has 0 saturated heterocycles. The Bertz CT molecular complexity index is 790. The predicted octanol–water partition coefficient (Wildman–Crippen LogP) is 6.65. The van der Waals surface area contributed by atoms with Crippen molar-refractivity contribution in [2.75, 3.05) is 0 Å². The van der Waals surface area contributed by atoms with Crippen molar-refractivity contribution in [1.82, 2.24) is 0 Å². The van der Waals surface area contributed by atoms with Gasteiger partial charge in [0, 0.05) is 6.42 Å². The summed E-state index contributed by atoms with van der Waals surface area (Å²) >= 11 is 0. The smallest absolute Gasteiger partial charge is 0.311 e. The van der Waals surface area contributed by atoms with Crippen LogP contribution in [0.3, 0.4) is 0 Å². The van der Waals surface area contributed by atoms with Crippen molar-refractivity contribution in [2.45, 2.75) is 47.3 Å². The van der Waals surface area contributed by atoms with Gasteiger partial charge in [0.2, 0.25) is 0 Å². The van der Waals surface area contributed by atoms with Gasteiger partial charge in [-0.1, -0.05) is 56.2 Å². The highest BCUT2D eigenvalue weighted by atomic mass is 32.2. The second-order valence-electron chi connectivity index (χ2n) is 6.43. The molecule has 0 bridgehead atoms. The first-order valence-electron chi connectivity index (χ1n) is 9.49. The van der Waals surface area contributed by atoms with Crippen molar-refractivity contribution in [3.05, 3.63) is 84.9 Å². The van der Waals surface area contributed by atoms with Crippen molar-refractivity contribution in [2.24, 2.45) is 0 Å². The van der Waals surface area contributed by atoms with Crippen LogP contribution in [0.25, 0.3) is 0 Å². The zero-order chi connectivity index (χ0) is 18.9. The van der Waals surface area contributed by atoms with E-state index in [9.17, 15) is 4.79 Å². The Labute approximate surface area is 164 Å². The van der Waals surface area contributed by atoms with E-state index in [1.165, 1.54) is 14.7 Å². The minimum Gasteiger partial charge on any atom is -0.427 e. The molecule has 3 rings (SSSR count). The Kier molecular flexibility index (Phi) is 7.11. The molecule has 140 valence electrons. The molecule has 2 nitrogen and oxygen atoms in total. The number of carbonyl (C=O) groups excluding carboxylic acids is 1. The van der Waals surface area contributed by atoms with Crippen molar-refractivity contribution in [3.63, 3.8) is 0 Å². The zero-order valence-corrected chi connectivity index (χ0v) is 16.6. The summed E-state index contributed by atoms with van der Waals surface area (Å²) in [5, 5.41) is 0. The van der Waals surface area contributed by atoms with E-state index in [-0.39, 0.29) is 5.97 Å². The molecule has 27 heavy (non-hydrogen) atoms. The van der Waals surface area contributed by atoms with E-state index in [4.69, 9.17) is 4.74 Å². The second kappa shape index (κ2) is 9.98. The maximum Gasteiger partial charge on any atom is 0.311 e. The van der Waals surface area contributed by atoms with Crippen LogP contribution in [0.5, 0.6) is 5.75 Å². The third kappa shape index (κ3) is 5.48. The molecular formula is C24H26O2S. The number of ether oxygens (including phenoxy) is 1. The number of rotatable bonds is 8. The van der Waals surface area contributed by atoms with Gasteiger partial charge in [-0.05, 0) is 69.6 Å². The Morgan fingerprint density at radius 3 is 1.78 bits per heavy atom. The summed E-state index contributed by atoms with van der Waals surface area (Å²) in [5.74, 6) is 0.473. The Morgan fingerprint density at radius 2 is 1.26 bits per heavy atom. The lowest BCUT2D eigenvalue weighted by molar-refractivity contribution is -0.134. The highest BCUT2D eigenvalue weighted by Crippen LogP contribution is 2.51. The molecule has 0 radical (unpaired) electrons. The van der Waals surface area contributed by atoms with Crippen LogP contribution in [0.4, 0.5) is 0 Å². The first-order valence-corrected chi connectivity index (χ1v) is 10.8. The standard InChI is InChI=1S/C24H26O2S/c1-2-3-6-15-24(25)26-20-16-18-23(19-17-20)27(21-11-7-4-8-12-21)22-13-9-5-10-14-22/h4-5,7-14,16-19,27H,2-3,6,15H2,1H3. The van der Waals surface area contributed by atoms with Crippen molar-refractivity contribution in [1.29, 1.82) is 0 Å². The van der Waals surface area contributed by atoms with Gasteiger partial charge in [-0.25, -0.2) is 0 Å². The van der Waals surface area contributed by atoms with E-state index < -0.39 is 10.9 Å². The highest BCUT2D eigenvalue weighted by Gasteiger charge is 2.13. The fourth-order valence-corrected chi connectivity index (χ4v) is 5.25. The fourth-order valence-electron chi connectivity index (χ4n) is 2.97. The SMILES string of the molecule is CCCCCC(=O)Oc1ccc([SH](c2ccccc2)c2ccccc2)cc1. The van der Waals surface area contributed by atoms with Crippen LogP contribution >= 0.6 is 10.9 Å². The van der Waals surface area contributed by atoms with Gasteiger partial charge in [0.05, 0.1) is 0 Å². The lowest BCUT2D eigenvalue weighted by Gasteiger charge is -2.23. The summed E-state index contributed by atoms with van der Waals surface area (Å²) < 4.78 is 5.48. The van der Waals surface area contributed by atoms with Crippen LogP contribution in [0.2, 0.25) is 0 Å². The van der Waals surface area contributed by atoms with Crippen LogP contribution in [-0.2, 0) is 4.79 Å². The molecule has 0 amide bonds. The molecule has 3 aromatic carbocycles. The molecule has 0 saturated carbocycles. The van der Waals surface area contributed by atoms with Gasteiger partial charge >= 0.3 is 5.97 Å². The van der Waals surface area contributed by atoms with Crippen LogP contribution in [0.1, 0.15) is 32.6 Å². The Morgan fingerprint density at radius 1 is 0.741 bits per heavy atom. The second-order valence-corrected chi connectivity index (χ2v) is 8.65. The van der Waals surface area contributed by atoms with E-state index in [2.05, 4.69) is 67.6 Å². The molecule has 0 N–H and O–H groups in total. The van der Waals surface area contributed by atoms with E-state index in [0.717, 1.165) is 19.3 Å². The summed E-state index contributed by atoms with van der Waals surface area (Å²) in [5.41, 5.74) is 0. The molecule has 0 aromatic heterocycles. The van der Waals surface area contributed by atoms with Crippen molar-refractivity contribution >= 4 is 16.9 Å². The summed E-state index contributed by atoms with van der Waals surface area (Å²) in [4.78, 5) is 15.8. The number of unbranched alkanes of at least 4 members (excludes halogenated alkanes) is 2. The van der Waals surface area contributed by atoms with Crippen molar-refractivity contribution in [3.8, 4) is 5.75 Å². The van der Waals surface area contributed by atoms with Gasteiger partial charge in [-0.3, -0.25) is 4.79 Å². The lowest BCUT2D eigenvalue weighted by atomic mass is 10.2. The van der Waals surface area contributed by atoms with Gasteiger partial charge in [-0.2, -0.15) is 10.9 Å². The number of hydrogen-bond donors (Lipinski definition) is 1. The zero-order valence-electron chi connectivity index (χ0n) is 15.7. The monoisotopic (exact) mass is 378 g/mol. The summed E-state index contributed by atoms with van der Waals surface area (Å²) in [7, 11) is -0.631. The van der Waals surface area contributed by atoms with E-state index in [0.29, 0.717) is 12.2 Å². The number of carbonyl (C=O) groups is 1. The maximum absolute atomic E-state index is 11.9. The third-order valence-electron chi connectivity index (χ3n) is 4.34. The average Bonchev–Trinajstić information content (AvgIpc) is 2.71. The summed E-state index contributed by atoms with van der Waals surface area (Å²) in [6.45, 7) is 2.13. The minimum absolute atomic E-state index is 0.149. The van der Waals surface area contributed by atoms with Gasteiger partial charge in [0.15, 0.2) is 0 Å². The molecule has 3 heteroatoms. The molecule has 0 atom stereocenters. The normalized spacial score (nSPS) is 11.1. The molecule has 0 aliphatic rings. The third-order valence-corrected chi connectivity index (χ3v) is 6.78. The van der Waals surface area contributed by atoms with Crippen LogP contribution in [0, 0.1) is 0 Å². The lowest BCUT2D eigenvalue weighted by Crippen LogP contribution is -2.07. The molecule has 0 heterocycles. The summed E-state index contributed by atoms with van der Waals surface area (Å²) in [6, 6.07) is 29.1. The Hall–Kier alpha value is -2.52. The molecule has 0 aliphatic heterocycles. The van der Waals surface area contributed by atoms with E-state index >= 15 is 0 Å². The molecule has 0 fully saturated rings. The minimum atomic E-state index is -0.631. The average molecular weight is 379 g/mol. The number of esters is 1. The van der Waals surface area contributed by atoms with Gasteiger partial charge < -0.3 is 4.74 Å². The molecule has 0 aliphatic carbocycles. The number of hydrogen-bond acceptors (Lipinski definition) is 2. The molecule has 0 spiro atoms. The maximum atomic E-state index is 11.9. The molecule has 0 unspecified atom stereocenters. The van der Waals surface area contributed by atoms with Crippen LogP contribution in [0.15, 0.2) is 99.6 Å². The predicted molar refractivity (Wildman–Crippen MR) is 113 cm³/mol. The van der Waals surface area contributed by atoms with Gasteiger partial charge in [0.1, 0.15) is 5.75 Å². The largest absolute Gasteiger partial charge is 0.427 e.